The topological polar surface area (TPSA) is 31.2 Å². The van der Waals surface area contributed by atoms with Crippen LogP contribution in [0.1, 0.15) is 18.4 Å². The van der Waals surface area contributed by atoms with Crippen LogP contribution in [0.15, 0.2) is 23.0 Å². The molecule has 0 amide bonds. The molecule has 2 heterocycles. The molecule has 0 aliphatic carbocycles. The number of fused-ring (bicyclic) bond motifs is 1. The lowest BCUT2D eigenvalue weighted by molar-refractivity contribution is 0.0684. The van der Waals surface area contributed by atoms with Gasteiger partial charge in [0, 0.05) is 18.6 Å². The third-order valence-corrected chi connectivity index (χ3v) is 5.79. The summed E-state index contributed by atoms with van der Waals surface area (Å²) in [5.41, 5.74) is 2.36. The molecule has 108 valence electrons. The Bertz CT molecular complexity index is 641. The minimum Gasteiger partial charge on any atom is -0.377 e. The molecule has 1 unspecified atom stereocenters. The summed E-state index contributed by atoms with van der Waals surface area (Å²) in [4.78, 5) is 11.7. The first-order valence-electron chi connectivity index (χ1n) is 7.02. The summed E-state index contributed by atoms with van der Waals surface area (Å²) in [6, 6.07) is 6.37. The zero-order valence-electron chi connectivity index (χ0n) is 11.6. The van der Waals surface area contributed by atoms with E-state index in [-0.39, 0.29) is 4.87 Å². The Morgan fingerprint density at radius 3 is 3.15 bits per heavy atom. The maximum Gasteiger partial charge on any atom is 0.307 e. The number of benzene rings is 1. The monoisotopic (exact) mass is 309 g/mol. The molecule has 1 aromatic carbocycles. The van der Waals surface area contributed by atoms with Crippen LogP contribution < -0.4 is 4.87 Å². The Labute approximate surface area is 126 Å². The number of hydrogen-bond donors (Lipinski definition) is 0. The fraction of sp³-hybridized carbons (Fsp3) is 0.533. The SMILES string of the molecule is Cn1c(=O)sc2cc(CCCC3CSCCO3)ccc21. The van der Waals surface area contributed by atoms with Gasteiger partial charge in [0.25, 0.3) is 0 Å². The highest BCUT2D eigenvalue weighted by molar-refractivity contribution is 7.99. The highest BCUT2D eigenvalue weighted by Crippen LogP contribution is 2.21. The van der Waals surface area contributed by atoms with Gasteiger partial charge in [-0.1, -0.05) is 17.4 Å². The van der Waals surface area contributed by atoms with Crippen LogP contribution in [0.5, 0.6) is 0 Å². The van der Waals surface area contributed by atoms with E-state index in [1.54, 1.807) is 4.57 Å². The fourth-order valence-corrected chi connectivity index (χ4v) is 4.42. The van der Waals surface area contributed by atoms with Crippen molar-refractivity contribution in [2.24, 2.45) is 7.05 Å². The first kappa shape index (κ1) is 14.2. The second-order valence-electron chi connectivity index (χ2n) is 5.19. The van der Waals surface area contributed by atoms with Crippen molar-refractivity contribution in [3.8, 4) is 0 Å². The lowest BCUT2D eigenvalue weighted by Crippen LogP contribution is -2.22. The van der Waals surface area contributed by atoms with Crippen LogP contribution in [0, 0.1) is 0 Å². The summed E-state index contributed by atoms with van der Waals surface area (Å²) in [7, 11) is 1.83. The normalized spacial score (nSPS) is 19.6. The van der Waals surface area contributed by atoms with Gasteiger partial charge in [0.1, 0.15) is 0 Å². The molecule has 0 radical (unpaired) electrons. The van der Waals surface area contributed by atoms with Gasteiger partial charge in [-0.3, -0.25) is 4.79 Å². The second kappa shape index (κ2) is 6.33. The zero-order chi connectivity index (χ0) is 13.9. The third-order valence-electron chi connectivity index (χ3n) is 3.73. The van der Waals surface area contributed by atoms with E-state index in [9.17, 15) is 4.79 Å². The molecular weight excluding hydrogens is 290 g/mol. The number of thioether (sulfide) groups is 1. The zero-order valence-corrected chi connectivity index (χ0v) is 13.3. The van der Waals surface area contributed by atoms with E-state index < -0.39 is 0 Å². The Balaban J connectivity index is 1.61. The standard InChI is InChI=1S/C15H19NO2S2/c1-16-13-6-5-11(9-14(13)20-15(16)17)3-2-4-12-10-19-8-7-18-12/h5-6,9,12H,2-4,7-8,10H2,1H3. The van der Waals surface area contributed by atoms with Crippen molar-refractivity contribution >= 4 is 33.3 Å². The van der Waals surface area contributed by atoms with Crippen molar-refractivity contribution in [2.75, 3.05) is 18.1 Å². The molecule has 1 saturated heterocycles. The van der Waals surface area contributed by atoms with Crippen LogP contribution in [-0.4, -0.2) is 28.8 Å². The molecule has 1 fully saturated rings. The summed E-state index contributed by atoms with van der Waals surface area (Å²) in [6.45, 7) is 0.902. The van der Waals surface area contributed by atoms with Gasteiger partial charge < -0.3 is 9.30 Å². The predicted molar refractivity (Wildman–Crippen MR) is 87.1 cm³/mol. The summed E-state index contributed by atoms with van der Waals surface area (Å²) < 4.78 is 8.56. The van der Waals surface area contributed by atoms with E-state index >= 15 is 0 Å². The largest absolute Gasteiger partial charge is 0.377 e. The maximum absolute atomic E-state index is 11.6. The van der Waals surface area contributed by atoms with Crippen LogP contribution in [-0.2, 0) is 18.2 Å². The third kappa shape index (κ3) is 3.10. The van der Waals surface area contributed by atoms with Gasteiger partial charge in [0.05, 0.1) is 22.9 Å². The molecule has 0 saturated carbocycles. The molecule has 20 heavy (non-hydrogen) atoms. The molecule has 0 bridgehead atoms. The van der Waals surface area contributed by atoms with Gasteiger partial charge in [0.15, 0.2) is 0 Å². The second-order valence-corrected chi connectivity index (χ2v) is 7.33. The smallest absolute Gasteiger partial charge is 0.307 e. The van der Waals surface area contributed by atoms with Crippen LogP contribution in [0.4, 0.5) is 0 Å². The molecule has 0 spiro atoms. The number of hydrogen-bond acceptors (Lipinski definition) is 4. The molecule has 1 aliphatic heterocycles. The summed E-state index contributed by atoms with van der Waals surface area (Å²) in [6.07, 6.45) is 3.79. The van der Waals surface area contributed by atoms with Crippen LogP contribution >= 0.6 is 23.1 Å². The minimum absolute atomic E-state index is 0.116. The van der Waals surface area contributed by atoms with Crippen molar-refractivity contribution in [3.63, 3.8) is 0 Å². The van der Waals surface area contributed by atoms with Gasteiger partial charge >= 0.3 is 4.87 Å². The van der Waals surface area contributed by atoms with Crippen molar-refractivity contribution in [1.29, 1.82) is 0 Å². The van der Waals surface area contributed by atoms with Gasteiger partial charge in [-0.15, -0.1) is 0 Å². The van der Waals surface area contributed by atoms with E-state index in [4.69, 9.17) is 4.74 Å². The number of ether oxygens (including phenoxy) is 1. The Hall–Kier alpha value is -0.780. The lowest BCUT2D eigenvalue weighted by atomic mass is 10.1. The van der Waals surface area contributed by atoms with Crippen molar-refractivity contribution < 1.29 is 4.74 Å². The molecule has 1 atom stereocenters. The predicted octanol–water partition coefficient (Wildman–Crippen LogP) is 3.05. The van der Waals surface area contributed by atoms with Crippen molar-refractivity contribution in [3.05, 3.63) is 33.4 Å². The molecule has 3 nitrogen and oxygen atoms in total. The highest BCUT2D eigenvalue weighted by atomic mass is 32.2. The Morgan fingerprint density at radius 2 is 2.35 bits per heavy atom. The maximum atomic E-state index is 11.6. The van der Waals surface area contributed by atoms with Crippen molar-refractivity contribution in [1.82, 2.24) is 4.57 Å². The van der Waals surface area contributed by atoms with E-state index in [0.717, 1.165) is 47.6 Å². The van der Waals surface area contributed by atoms with Crippen LogP contribution in [0.25, 0.3) is 10.2 Å². The molecule has 5 heteroatoms. The first-order chi connectivity index (χ1) is 9.74. The van der Waals surface area contributed by atoms with E-state index in [0.29, 0.717) is 6.10 Å². The van der Waals surface area contributed by atoms with Crippen molar-refractivity contribution in [2.45, 2.75) is 25.4 Å². The van der Waals surface area contributed by atoms with E-state index in [2.05, 4.69) is 18.2 Å². The molecule has 0 N–H and O–H groups in total. The number of aryl methyl sites for hydroxylation is 2. The average Bonchev–Trinajstić information content (AvgIpc) is 2.75. The molecule has 2 aromatic rings. The molecule has 1 aliphatic rings. The Kier molecular flexibility index (Phi) is 4.48. The number of nitrogens with zero attached hydrogens (tertiary/aromatic N) is 1. The van der Waals surface area contributed by atoms with Crippen LogP contribution in [0.3, 0.4) is 0 Å². The summed E-state index contributed by atoms with van der Waals surface area (Å²) >= 11 is 3.33. The Morgan fingerprint density at radius 1 is 1.45 bits per heavy atom. The fourth-order valence-electron chi connectivity index (χ4n) is 2.57. The summed E-state index contributed by atoms with van der Waals surface area (Å²) in [5, 5.41) is 0. The summed E-state index contributed by atoms with van der Waals surface area (Å²) in [5.74, 6) is 2.28. The number of rotatable bonds is 4. The van der Waals surface area contributed by atoms with Gasteiger partial charge in [0.2, 0.25) is 0 Å². The first-order valence-corrected chi connectivity index (χ1v) is 8.99. The highest BCUT2D eigenvalue weighted by Gasteiger charge is 2.13. The molecule has 1 aromatic heterocycles. The molecule has 3 rings (SSSR count). The van der Waals surface area contributed by atoms with Gasteiger partial charge in [-0.2, -0.15) is 11.8 Å². The van der Waals surface area contributed by atoms with Gasteiger partial charge in [-0.25, -0.2) is 0 Å². The molecular formula is C15H19NO2S2. The van der Waals surface area contributed by atoms with Crippen LogP contribution in [0.2, 0.25) is 0 Å². The quantitative estimate of drug-likeness (QED) is 0.870. The average molecular weight is 309 g/mol. The van der Waals surface area contributed by atoms with E-state index in [1.165, 1.54) is 16.9 Å². The number of thiazole rings is 1. The van der Waals surface area contributed by atoms with Gasteiger partial charge in [-0.05, 0) is 37.0 Å². The minimum atomic E-state index is 0.116. The van der Waals surface area contributed by atoms with E-state index in [1.807, 2.05) is 18.8 Å². The number of aromatic nitrogens is 1. The lowest BCUT2D eigenvalue weighted by Gasteiger charge is -2.22.